The average Bonchev–Trinajstić information content (AvgIpc) is 3.11. The van der Waals surface area contributed by atoms with Crippen LogP contribution in [0.1, 0.15) is 12.2 Å². The first-order valence-corrected chi connectivity index (χ1v) is 9.67. The number of sulfonamides is 1. The van der Waals surface area contributed by atoms with Crippen molar-refractivity contribution in [3.63, 3.8) is 0 Å². The van der Waals surface area contributed by atoms with Crippen LogP contribution in [0.25, 0.3) is 0 Å². The second-order valence-electron chi connectivity index (χ2n) is 5.65. The third kappa shape index (κ3) is 5.05. The number of anilines is 1. The molecule has 0 saturated carbocycles. The van der Waals surface area contributed by atoms with Gasteiger partial charge in [-0.2, -0.15) is 5.26 Å². The summed E-state index contributed by atoms with van der Waals surface area (Å²) in [5.74, 6) is 0.719. The summed E-state index contributed by atoms with van der Waals surface area (Å²) in [6.45, 7) is 0.842. The first-order chi connectivity index (χ1) is 12.3. The van der Waals surface area contributed by atoms with E-state index in [0.29, 0.717) is 30.3 Å². The lowest BCUT2D eigenvalue weighted by molar-refractivity contribution is 0.371. The Balaban J connectivity index is 2.17. The van der Waals surface area contributed by atoms with Crippen LogP contribution in [0.5, 0.6) is 0 Å². The number of rotatable bonds is 7. The Morgan fingerprint density at radius 1 is 1.31 bits per heavy atom. The summed E-state index contributed by atoms with van der Waals surface area (Å²) in [5, 5.41) is 12.3. The van der Waals surface area contributed by atoms with Gasteiger partial charge in [-0.25, -0.2) is 12.7 Å². The van der Waals surface area contributed by atoms with Crippen LogP contribution in [0.15, 0.2) is 52.0 Å². The van der Waals surface area contributed by atoms with E-state index in [-0.39, 0.29) is 4.90 Å². The fourth-order valence-electron chi connectivity index (χ4n) is 2.18. The molecular formula is C17H20N4O3S2. The molecule has 138 valence electrons. The van der Waals surface area contributed by atoms with Gasteiger partial charge in [0.2, 0.25) is 10.0 Å². The van der Waals surface area contributed by atoms with Gasteiger partial charge in [0.05, 0.1) is 30.2 Å². The maximum atomic E-state index is 12.3. The van der Waals surface area contributed by atoms with Crippen molar-refractivity contribution in [2.45, 2.75) is 17.9 Å². The summed E-state index contributed by atoms with van der Waals surface area (Å²) in [6.07, 6.45) is 1.88. The molecule has 2 aromatic rings. The number of nitriles is 1. The SMILES string of the molecule is CN(C)S(=O)(=O)c1cccc(NC(=S)N(CCC#N)Cc2ccco2)c1. The summed E-state index contributed by atoms with van der Waals surface area (Å²) in [5.41, 5.74) is 0.555. The van der Waals surface area contributed by atoms with Gasteiger partial charge in [0, 0.05) is 26.3 Å². The maximum Gasteiger partial charge on any atom is 0.242 e. The van der Waals surface area contributed by atoms with E-state index in [0.717, 1.165) is 10.1 Å². The van der Waals surface area contributed by atoms with Crippen molar-refractivity contribution in [1.82, 2.24) is 9.21 Å². The first-order valence-electron chi connectivity index (χ1n) is 7.82. The van der Waals surface area contributed by atoms with Crippen LogP contribution in [0.2, 0.25) is 0 Å². The average molecular weight is 393 g/mol. The lowest BCUT2D eigenvalue weighted by Gasteiger charge is -2.24. The van der Waals surface area contributed by atoms with E-state index in [1.54, 1.807) is 29.4 Å². The monoisotopic (exact) mass is 392 g/mol. The summed E-state index contributed by atoms with van der Waals surface area (Å²) >= 11 is 5.44. The fourth-order valence-corrected chi connectivity index (χ4v) is 3.40. The molecule has 0 atom stereocenters. The third-order valence-corrected chi connectivity index (χ3v) is 5.74. The summed E-state index contributed by atoms with van der Waals surface area (Å²) in [4.78, 5) is 1.97. The number of benzene rings is 1. The highest BCUT2D eigenvalue weighted by atomic mass is 32.2. The molecule has 0 bridgehead atoms. The molecule has 0 radical (unpaired) electrons. The van der Waals surface area contributed by atoms with Crippen molar-refractivity contribution in [2.24, 2.45) is 0 Å². The largest absolute Gasteiger partial charge is 0.467 e. The van der Waals surface area contributed by atoms with Crippen molar-refractivity contribution in [2.75, 3.05) is 26.0 Å². The predicted octanol–water partition coefficient (Wildman–Crippen LogP) is 2.64. The van der Waals surface area contributed by atoms with Crippen LogP contribution < -0.4 is 5.32 Å². The first kappa shape index (κ1) is 19.9. The number of nitrogens with zero attached hydrogens (tertiary/aromatic N) is 3. The van der Waals surface area contributed by atoms with Gasteiger partial charge in [-0.15, -0.1) is 0 Å². The van der Waals surface area contributed by atoms with Gasteiger partial charge in [0.1, 0.15) is 5.76 Å². The van der Waals surface area contributed by atoms with Crippen LogP contribution in [-0.2, 0) is 16.6 Å². The molecule has 0 aliphatic heterocycles. The van der Waals surface area contributed by atoms with E-state index in [2.05, 4.69) is 11.4 Å². The highest BCUT2D eigenvalue weighted by molar-refractivity contribution is 7.89. The van der Waals surface area contributed by atoms with E-state index in [1.807, 2.05) is 6.07 Å². The minimum absolute atomic E-state index is 0.171. The van der Waals surface area contributed by atoms with E-state index in [1.165, 1.54) is 26.2 Å². The Bertz CT molecular complexity index is 887. The van der Waals surface area contributed by atoms with Crippen molar-refractivity contribution in [3.8, 4) is 6.07 Å². The number of hydrogen-bond acceptors (Lipinski definition) is 5. The second-order valence-corrected chi connectivity index (χ2v) is 8.19. The Morgan fingerprint density at radius 3 is 2.69 bits per heavy atom. The molecule has 9 heteroatoms. The summed E-state index contributed by atoms with van der Waals surface area (Å²) in [7, 11) is -0.574. The van der Waals surface area contributed by atoms with Gasteiger partial charge in [-0.05, 0) is 42.5 Å². The molecule has 0 saturated heterocycles. The van der Waals surface area contributed by atoms with E-state index in [9.17, 15) is 8.42 Å². The van der Waals surface area contributed by atoms with Crippen molar-refractivity contribution < 1.29 is 12.8 Å². The Morgan fingerprint density at radius 2 is 2.08 bits per heavy atom. The highest BCUT2D eigenvalue weighted by Gasteiger charge is 2.18. The Kier molecular flexibility index (Phi) is 6.74. The van der Waals surface area contributed by atoms with Crippen molar-refractivity contribution >= 4 is 33.0 Å². The minimum Gasteiger partial charge on any atom is -0.467 e. The molecule has 0 aliphatic carbocycles. The molecule has 7 nitrogen and oxygen atoms in total. The predicted molar refractivity (Wildman–Crippen MR) is 103 cm³/mol. The van der Waals surface area contributed by atoms with Gasteiger partial charge in [-0.3, -0.25) is 0 Å². The molecule has 1 N–H and O–H groups in total. The van der Waals surface area contributed by atoms with Crippen LogP contribution in [-0.4, -0.2) is 43.4 Å². The fraction of sp³-hybridized carbons (Fsp3) is 0.294. The van der Waals surface area contributed by atoms with Crippen LogP contribution in [0.4, 0.5) is 5.69 Å². The standard InChI is InChI=1S/C17H20N4O3S2/c1-20(2)26(22,23)16-8-3-6-14(12-16)19-17(25)21(10-5-9-18)13-15-7-4-11-24-15/h3-4,6-8,11-12H,5,10,13H2,1-2H3,(H,19,25). The van der Waals surface area contributed by atoms with Gasteiger partial charge in [-0.1, -0.05) is 6.07 Å². The molecule has 1 heterocycles. The van der Waals surface area contributed by atoms with Gasteiger partial charge in [0.25, 0.3) is 0 Å². The minimum atomic E-state index is -3.53. The maximum absolute atomic E-state index is 12.3. The van der Waals surface area contributed by atoms with Crippen molar-refractivity contribution in [3.05, 3.63) is 48.4 Å². The van der Waals surface area contributed by atoms with Crippen LogP contribution in [0.3, 0.4) is 0 Å². The summed E-state index contributed by atoms with van der Waals surface area (Å²) < 4.78 is 31.0. The van der Waals surface area contributed by atoms with E-state index < -0.39 is 10.0 Å². The molecule has 0 amide bonds. The Hall–Kier alpha value is -2.41. The summed E-state index contributed by atoms with van der Waals surface area (Å²) in [6, 6.07) is 12.1. The molecule has 1 aromatic heterocycles. The highest BCUT2D eigenvalue weighted by Crippen LogP contribution is 2.19. The molecule has 1 aromatic carbocycles. The quantitative estimate of drug-likeness (QED) is 0.725. The van der Waals surface area contributed by atoms with Gasteiger partial charge >= 0.3 is 0 Å². The number of thiocarbonyl (C=S) groups is 1. The van der Waals surface area contributed by atoms with Crippen LogP contribution in [0, 0.1) is 11.3 Å². The number of furan rings is 1. The Labute approximate surface area is 158 Å². The second kappa shape index (κ2) is 8.80. The third-order valence-electron chi connectivity index (χ3n) is 3.57. The molecule has 26 heavy (non-hydrogen) atoms. The molecular weight excluding hydrogens is 372 g/mol. The smallest absolute Gasteiger partial charge is 0.242 e. The number of hydrogen-bond donors (Lipinski definition) is 1. The van der Waals surface area contributed by atoms with Crippen LogP contribution >= 0.6 is 12.2 Å². The molecule has 0 unspecified atom stereocenters. The molecule has 2 rings (SSSR count). The number of nitrogens with one attached hydrogen (secondary N) is 1. The zero-order chi connectivity index (χ0) is 19.2. The zero-order valence-corrected chi connectivity index (χ0v) is 16.2. The lowest BCUT2D eigenvalue weighted by Crippen LogP contribution is -2.35. The topological polar surface area (TPSA) is 89.6 Å². The van der Waals surface area contributed by atoms with Gasteiger partial charge < -0.3 is 14.6 Å². The molecule has 0 aliphatic rings. The molecule has 0 spiro atoms. The van der Waals surface area contributed by atoms with Gasteiger partial charge in [0.15, 0.2) is 5.11 Å². The van der Waals surface area contributed by atoms with E-state index in [4.69, 9.17) is 21.9 Å². The lowest BCUT2D eigenvalue weighted by atomic mass is 10.3. The van der Waals surface area contributed by atoms with E-state index >= 15 is 0 Å². The van der Waals surface area contributed by atoms with Crippen molar-refractivity contribution in [1.29, 1.82) is 5.26 Å². The zero-order valence-electron chi connectivity index (χ0n) is 14.5. The molecule has 0 fully saturated rings. The normalized spacial score (nSPS) is 11.2.